The SMILES string of the molecule is CCC(C)(C)CCOC(=O)[C@H](C)NP(=O)(OC[C@H](CCc1ccc2c(N)ncnn12)OC#N)Oc1ccc(C(C)(C)C)cc1. The first-order chi connectivity index (χ1) is 20.7. The van der Waals surface area contributed by atoms with Crippen molar-refractivity contribution in [2.24, 2.45) is 5.41 Å². The standard InChI is InChI=1S/C31H45N6O6P/c1-8-31(6,7)17-18-40-29(38)22(2)36-44(39,43-25-13-9-23(10-14-25)30(3,4)5)42-19-26(41-20-32)15-11-24-12-16-27-28(33)34-21-35-37(24)27/h9-10,12-14,16,21-22,26H,8,11,15,17-19H2,1-7H3,(H,36,39)(H2,33,34,35)/t22-,26-,44?/m0/s1. The molecule has 13 heteroatoms. The lowest BCUT2D eigenvalue weighted by Crippen LogP contribution is -2.36. The molecule has 3 N–H and O–H groups in total. The van der Waals surface area contributed by atoms with Crippen LogP contribution in [-0.2, 0) is 35.2 Å². The van der Waals surface area contributed by atoms with Crippen molar-refractivity contribution in [1.29, 1.82) is 5.26 Å². The third kappa shape index (κ3) is 9.94. The van der Waals surface area contributed by atoms with Gasteiger partial charge >= 0.3 is 13.7 Å². The molecule has 3 atom stereocenters. The maximum Gasteiger partial charge on any atom is 0.459 e. The summed E-state index contributed by atoms with van der Waals surface area (Å²) in [5.41, 5.74) is 8.41. The molecule has 0 aliphatic rings. The van der Waals surface area contributed by atoms with Crippen molar-refractivity contribution in [3.63, 3.8) is 0 Å². The zero-order valence-corrected chi connectivity index (χ0v) is 27.6. The van der Waals surface area contributed by atoms with E-state index < -0.39 is 25.9 Å². The molecule has 0 aliphatic heterocycles. The van der Waals surface area contributed by atoms with Gasteiger partial charge in [0, 0.05) is 5.69 Å². The van der Waals surface area contributed by atoms with Gasteiger partial charge in [-0.3, -0.25) is 9.32 Å². The quantitative estimate of drug-likeness (QED) is 0.109. The van der Waals surface area contributed by atoms with Crippen molar-refractivity contribution in [3.8, 4) is 12.0 Å². The summed E-state index contributed by atoms with van der Waals surface area (Å²) in [6.45, 7) is 14.0. The zero-order chi connectivity index (χ0) is 32.5. The Balaban J connectivity index is 1.73. The molecule has 0 radical (unpaired) electrons. The van der Waals surface area contributed by atoms with Gasteiger partial charge in [0.25, 0.3) is 6.26 Å². The average Bonchev–Trinajstić information content (AvgIpc) is 3.38. The number of aromatic nitrogens is 3. The Morgan fingerprint density at radius 1 is 1.16 bits per heavy atom. The summed E-state index contributed by atoms with van der Waals surface area (Å²) in [5, 5.41) is 16.2. The highest BCUT2D eigenvalue weighted by atomic mass is 31.2. The van der Waals surface area contributed by atoms with Gasteiger partial charge in [0.2, 0.25) is 0 Å². The summed E-state index contributed by atoms with van der Waals surface area (Å²) in [5.74, 6) is 0.0493. The summed E-state index contributed by atoms with van der Waals surface area (Å²) in [7, 11) is -4.17. The van der Waals surface area contributed by atoms with Crippen molar-refractivity contribution in [2.75, 3.05) is 18.9 Å². The van der Waals surface area contributed by atoms with Gasteiger partial charge in [0.05, 0.1) is 13.2 Å². The van der Waals surface area contributed by atoms with Crippen molar-refractivity contribution in [2.45, 2.75) is 91.7 Å². The summed E-state index contributed by atoms with van der Waals surface area (Å²) in [6, 6.07) is 9.81. The number of esters is 1. The molecule has 2 heterocycles. The summed E-state index contributed by atoms with van der Waals surface area (Å²) in [4.78, 5) is 16.8. The highest BCUT2D eigenvalue weighted by Crippen LogP contribution is 2.45. The molecule has 2 aromatic heterocycles. The molecule has 0 spiro atoms. The largest absolute Gasteiger partial charge is 0.465 e. The van der Waals surface area contributed by atoms with Gasteiger partial charge in [-0.15, -0.1) is 0 Å². The van der Waals surface area contributed by atoms with E-state index in [1.54, 1.807) is 22.9 Å². The van der Waals surface area contributed by atoms with Gasteiger partial charge in [0.15, 0.2) is 5.82 Å². The lowest BCUT2D eigenvalue weighted by molar-refractivity contribution is -0.146. The number of fused-ring (bicyclic) bond motifs is 1. The molecule has 3 rings (SSSR count). The van der Waals surface area contributed by atoms with Crippen molar-refractivity contribution in [1.82, 2.24) is 19.7 Å². The zero-order valence-electron chi connectivity index (χ0n) is 26.7. The van der Waals surface area contributed by atoms with Crippen LogP contribution >= 0.6 is 7.75 Å². The topological polar surface area (TPSA) is 163 Å². The Morgan fingerprint density at radius 3 is 2.50 bits per heavy atom. The van der Waals surface area contributed by atoms with Crippen LogP contribution in [0.25, 0.3) is 5.52 Å². The lowest BCUT2D eigenvalue weighted by atomic mass is 9.87. The number of nitrogens with zero attached hydrogens (tertiary/aromatic N) is 4. The monoisotopic (exact) mass is 628 g/mol. The summed E-state index contributed by atoms with van der Waals surface area (Å²) in [6.07, 6.45) is 4.69. The van der Waals surface area contributed by atoms with Gasteiger partial charge < -0.3 is 19.7 Å². The number of hydrogen-bond donors (Lipinski definition) is 2. The van der Waals surface area contributed by atoms with E-state index in [1.165, 1.54) is 13.3 Å². The van der Waals surface area contributed by atoms with Crippen molar-refractivity contribution < 1.29 is 27.9 Å². The predicted molar refractivity (Wildman–Crippen MR) is 168 cm³/mol. The van der Waals surface area contributed by atoms with Crippen LogP contribution in [0.15, 0.2) is 42.7 Å². The van der Waals surface area contributed by atoms with Crippen LogP contribution in [0.3, 0.4) is 0 Å². The minimum Gasteiger partial charge on any atom is -0.465 e. The predicted octanol–water partition coefficient (Wildman–Crippen LogP) is 5.96. The van der Waals surface area contributed by atoms with Crippen LogP contribution < -0.4 is 15.3 Å². The number of benzene rings is 1. The minimum absolute atomic E-state index is 0.0279. The van der Waals surface area contributed by atoms with E-state index in [4.69, 9.17) is 24.3 Å². The number of nitrogens with two attached hydrogens (primary N) is 1. The van der Waals surface area contributed by atoms with E-state index in [0.717, 1.165) is 17.7 Å². The second-order valence-electron chi connectivity index (χ2n) is 12.6. The van der Waals surface area contributed by atoms with Crippen LogP contribution in [0.5, 0.6) is 5.75 Å². The normalized spacial score (nSPS) is 14.8. The number of hydrogen-bond acceptors (Lipinski definition) is 10. The number of anilines is 1. The Kier molecular flexibility index (Phi) is 11.8. The third-order valence-electron chi connectivity index (χ3n) is 7.56. The summed E-state index contributed by atoms with van der Waals surface area (Å²) >= 11 is 0. The van der Waals surface area contributed by atoms with Crippen LogP contribution in [-0.4, -0.2) is 45.9 Å². The average molecular weight is 629 g/mol. The van der Waals surface area contributed by atoms with Gasteiger partial charge in [-0.05, 0) is 66.8 Å². The van der Waals surface area contributed by atoms with Crippen LogP contribution in [0.1, 0.15) is 79.0 Å². The van der Waals surface area contributed by atoms with E-state index in [9.17, 15) is 14.6 Å². The number of carbonyl (C=O) groups excluding carboxylic acids is 1. The van der Waals surface area contributed by atoms with Crippen LogP contribution in [0.4, 0.5) is 5.82 Å². The number of rotatable bonds is 16. The molecule has 1 unspecified atom stereocenters. The molecule has 0 saturated heterocycles. The molecule has 0 fully saturated rings. The van der Waals surface area contributed by atoms with Gasteiger partial charge in [-0.1, -0.05) is 60.1 Å². The molecule has 0 bridgehead atoms. The fourth-order valence-corrected chi connectivity index (χ4v) is 5.72. The maximum absolute atomic E-state index is 14.1. The Labute approximate surface area is 259 Å². The molecule has 240 valence electrons. The molecule has 44 heavy (non-hydrogen) atoms. The molecule has 0 aliphatic carbocycles. The molecular weight excluding hydrogens is 583 g/mol. The molecule has 12 nitrogen and oxygen atoms in total. The Bertz CT molecular complexity index is 1480. The molecule has 3 aromatic rings. The second kappa shape index (κ2) is 14.9. The first-order valence-corrected chi connectivity index (χ1v) is 16.3. The number of ether oxygens (including phenoxy) is 2. The Morgan fingerprint density at radius 2 is 1.86 bits per heavy atom. The lowest BCUT2D eigenvalue weighted by Gasteiger charge is -2.26. The smallest absolute Gasteiger partial charge is 0.459 e. The number of nitrogens with one attached hydrogen (secondary N) is 1. The van der Waals surface area contributed by atoms with Crippen molar-refractivity contribution in [3.05, 3.63) is 54.0 Å². The van der Waals surface area contributed by atoms with E-state index in [0.29, 0.717) is 30.6 Å². The Hall–Kier alpha value is -3.65. The molecule has 1 aromatic carbocycles. The fraction of sp³-hybridized carbons (Fsp3) is 0.548. The minimum atomic E-state index is -4.17. The highest BCUT2D eigenvalue weighted by Gasteiger charge is 2.34. The highest BCUT2D eigenvalue weighted by molar-refractivity contribution is 7.52. The number of aryl methyl sites for hydroxylation is 1. The van der Waals surface area contributed by atoms with Crippen LogP contribution in [0, 0.1) is 16.9 Å². The first kappa shape index (κ1) is 34.8. The summed E-state index contributed by atoms with van der Waals surface area (Å²) < 4.78 is 38.1. The van der Waals surface area contributed by atoms with Gasteiger partial charge in [-0.2, -0.15) is 15.4 Å². The number of nitrogen functional groups attached to an aromatic ring is 1. The van der Waals surface area contributed by atoms with Gasteiger partial charge in [0.1, 0.15) is 29.7 Å². The van der Waals surface area contributed by atoms with E-state index in [-0.39, 0.29) is 29.8 Å². The third-order valence-corrected chi connectivity index (χ3v) is 9.21. The molecule has 0 saturated carbocycles. The molecule has 0 amide bonds. The number of nitriles is 1. The second-order valence-corrected chi connectivity index (χ2v) is 14.3. The van der Waals surface area contributed by atoms with Gasteiger partial charge in [-0.25, -0.2) is 14.1 Å². The first-order valence-electron chi connectivity index (χ1n) is 14.8. The fourth-order valence-electron chi connectivity index (χ4n) is 4.20. The molecular formula is C31H45N6O6P. The van der Waals surface area contributed by atoms with Crippen LogP contribution in [0.2, 0.25) is 0 Å². The number of carbonyl (C=O) groups is 1. The maximum atomic E-state index is 14.1. The van der Waals surface area contributed by atoms with E-state index in [2.05, 4.69) is 56.7 Å². The van der Waals surface area contributed by atoms with Crippen molar-refractivity contribution >= 4 is 25.1 Å². The van der Waals surface area contributed by atoms with E-state index in [1.807, 2.05) is 24.3 Å². The van der Waals surface area contributed by atoms with E-state index >= 15 is 0 Å².